The van der Waals surface area contributed by atoms with Gasteiger partial charge in [0.15, 0.2) is 0 Å². The van der Waals surface area contributed by atoms with E-state index in [1.165, 1.54) is 225 Å². The second-order valence-corrected chi connectivity index (χ2v) is 18.9. The molecule has 3 N–H and O–H groups in total. The summed E-state index contributed by atoms with van der Waals surface area (Å²) >= 11 is 0. The Morgan fingerprint density at radius 1 is 0.435 bits per heavy atom. The van der Waals surface area contributed by atoms with Crippen LogP contribution in [0.5, 0.6) is 0 Å². The van der Waals surface area contributed by atoms with Crippen LogP contribution in [0.4, 0.5) is 0 Å². The number of hydrogen-bond donors (Lipinski definition) is 3. The van der Waals surface area contributed by atoms with E-state index in [-0.39, 0.29) is 18.5 Å². The molecular formula is C56H107NO5. The SMILES string of the molecule is CCCCCCCC/C=C\CCCCCCCCCC(=O)OCCCCCCCCCCCCCCCCCCC(=O)NC(CO)C(O)/C=C/CCCCCCCCCCCC. The predicted molar refractivity (Wildman–Crippen MR) is 269 cm³/mol. The second kappa shape index (κ2) is 52.0. The molecule has 0 saturated heterocycles. The van der Waals surface area contributed by atoms with Crippen LogP contribution in [0, 0.1) is 0 Å². The van der Waals surface area contributed by atoms with E-state index in [0.29, 0.717) is 19.4 Å². The monoisotopic (exact) mass is 874 g/mol. The van der Waals surface area contributed by atoms with Gasteiger partial charge in [0.05, 0.1) is 25.4 Å². The van der Waals surface area contributed by atoms with Crippen LogP contribution < -0.4 is 5.32 Å². The molecule has 0 rings (SSSR count). The number of carbonyl (C=O) groups excluding carboxylic acids is 2. The summed E-state index contributed by atoms with van der Waals surface area (Å²) in [7, 11) is 0. The number of hydrogen-bond acceptors (Lipinski definition) is 5. The smallest absolute Gasteiger partial charge is 0.305 e. The minimum atomic E-state index is -0.847. The zero-order chi connectivity index (χ0) is 45.1. The quantitative estimate of drug-likeness (QED) is 0.0321. The first-order valence-corrected chi connectivity index (χ1v) is 27.6. The van der Waals surface area contributed by atoms with Crippen LogP contribution in [0.15, 0.2) is 24.3 Å². The lowest BCUT2D eigenvalue weighted by molar-refractivity contribution is -0.143. The third-order valence-electron chi connectivity index (χ3n) is 12.7. The number of esters is 1. The number of unbranched alkanes of at least 4 members (excludes halogenated alkanes) is 38. The summed E-state index contributed by atoms with van der Waals surface area (Å²) in [6.07, 6.45) is 61.9. The molecule has 0 saturated carbocycles. The molecule has 0 radical (unpaired) electrons. The van der Waals surface area contributed by atoms with Crippen molar-refractivity contribution in [1.29, 1.82) is 0 Å². The van der Waals surface area contributed by atoms with Gasteiger partial charge < -0.3 is 20.3 Å². The zero-order valence-electron chi connectivity index (χ0n) is 41.6. The highest BCUT2D eigenvalue weighted by atomic mass is 16.5. The van der Waals surface area contributed by atoms with Gasteiger partial charge in [0.25, 0.3) is 0 Å². The van der Waals surface area contributed by atoms with Crippen molar-refractivity contribution in [2.24, 2.45) is 0 Å². The number of carbonyl (C=O) groups is 2. The largest absolute Gasteiger partial charge is 0.466 e. The molecule has 0 fully saturated rings. The highest BCUT2D eigenvalue weighted by molar-refractivity contribution is 5.76. The first-order chi connectivity index (χ1) is 30.5. The summed E-state index contributed by atoms with van der Waals surface area (Å²) in [5.41, 5.74) is 0. The Morgan fingerprint density at radius 3 is 1.15 bits per heavy atom. The van der Waals surface area contributed by atoms with Crippen molar-refractivity contribution in [3.63, 3.8) is 0 Å². The first-order valence-electron chi connectivity index (χ1n) is 27.6. The van der Waals surface area contributed by atoms with E-state index in [9.17, 15) is 19.8 Å². The minimum Gasteiger partial charge on any atom is -0.466 e. The van der Waals surface area contributed by atoms with Crippen molar-refractivity contribution in [1.82, 2.24) is 5.32 Å². The van der Waals surface area contributed by atoms with Gasteiger partial charge in [0.1, 0.15) is 0 Å². The molecule has 2 atom stereocenters. The summed E-state index contributed by atoms with van der Waals surface area (Å²) in [6, 6.07) is -0.632. The maximum absolute atomic E-state index is 12.4. The molecule has 0 heterocycles. The van der Waals surface area contributed by atoms with E-state index in [1.807, 2.05) is 6.08 Å². The van der Waals surface area contributed by atoms with Crippen LogP contribution in [0.1, 0.15) is 296 Å². The van der Waals surface area contributed by atoms with Crippen LogP contribution in [0.25, 0.3) is 0 Å². The van der Waals surface area contributed by atoms with Crippen molar-refractivity contribution in [2.45, 2.75) is 309 Å². The van der Waals surface area contributed by atoms with Crippen molar-refractivity contribution in [3.8, 4) is 0 Å². The Hall–Kier alpha value is -1.66. The highest BCUT2D eigenvalue weighted by Crippen LogP contribution is 2.16. The first kappa shape index (κ1) is 60.3. The summed E-state index contributed by atoms with van der Waals surface area (Å²) < 4.78 is 5.48. The van der Waals surface area contributed by atoms with Crippen molar-refractivity contribution < 1.29 is 24.5 Å². The maximum atomic E-state index is 12.4. The normalized spacial score (nSPS) is 12.8. The number of aliphatic hydroxyl groups is 2. The number of amides is 1. The van der Waals surface area contributed by atoms with Gasteiger partial charge in [-0.3, -0.25) is 9.59 Å². The fourth-order valence-electron chi connectivity index (χ4n) is 8.45. The topological polar surface area (TPSA) is 95.9 Å². The van der Waals surface area contributed by atoms with Gasteiger partial charge in [0.2, 0.25) is 5.91 Å². The zero-order valence-corrected chi connectivity index (χ0v) is 41.6. The Labute approximate surface area is 386 Å². The van der Waals surface area contributed by atoms with E-state index in [1.54, 1.807) is 6.08 Å². The molecule has 2 unspecified atom stereocenters. The summed E-state index contributed by atoms with van der Waals surface area (Å²) in [5.74, 6) is -0.0766. The Kier molecular flexibility index (Phi) is 50.6. The maximum Gasteiger partial charge on any atom is 0.305 e. The molecule has 0 aromatic carbocycles. The predicted octanol–water partition coefficient (Wildman–Crippen LogP) is 16.7. The molecule has 0 aliphatic carbocycles. The fraction of sp³-hybridized carbons (Fsp3) is 0.893. The Morgan fingerprint density at radius 2 is 0.758 bits per heavy atom. The molecule has 0 spiro atoms. The highest BCUT2D eigenvalue weighted by Gasteiger charge is 2.18. The minimum absolute atomic E-state index is 0.00132. The third kappa shape index (κ3) is 47.8. The standard InChI is InChI=1S/C56H107NO5/c1-3-5-7-9-11-13-15-17-18-19-23-26-30-34-38-42-46-50-56(61)62-51-47-43-39-35-31-27-24-21-20-22-25-29-33-37-41-45-49-55(60)57-53(52-58)54(59)48-44-40-36-32-28-16-14-12-10-8-6-4-2/h17-18,44,48,53-54,58-59H,3-16,19-43,45-47,49-52H2,1-2H3,(H,57,60)/b18-17-,48-44+. The van der Waals surface area contributed by atoms with E-state index >= 15 is 0 Å². The lowest BCUT2D eigenvalue weighted by atomic mass is 10.0. The number of allylic oxidation sites excluding steroid dienone is 3. The van der Waals surface area contributed by atoms with E-state index in [2.05, 4.69) is 31.3 Å². The van der Waals surface area contributed by atoms with E-state index < -0.39 is 12.1 Å². The molecule has 6 heteroatoms. The average Bonchev–Trinajstić information content (AvgIpc) is 3.27. The second-order valence-electron chi connectivity index (χ2n) is 18.9. The molecule has 0 aromatic heterocycles. The Balaban J connectivity index is 3.42. The summed E-state index contributed by atoms with van der Waals surface area (Å²) in [6.45, 7) is 4.88. The molecule has 0 aromatic rings. The molecule has 0 bridgehead atoms. The molecule has 0 aliphatic heterocycles. The number of aliphatic hydroxyl groups excluding tert-OH is 2. The third-order valence-corrected chi connectivity index (χ3v) is 12.7. The molecule has 6 nitrogen and oxygen atoms in total. The number of rotatable bonds is 51. The lowest BCUT2D eigenvalue weighted by Gasteiger charge is -2.20. The van der Waals surface area contributed by atoms with Gasteiger partial charge in [0, 0.05) is 12.8 Å². The van der Waals surface area contributed by atoms with Gasteiger partial charge in [-0.05, 0) is 57.8 Å². The number of ether oxygens (including phenoxy) is 1. The van der Waals surface area contributed by atoms with Crippen molar-refractivity contribution >= 4 is 11.9 Å². The molecular weight excluding hydrogens is 767 g/mol. The number of nitrogens with one attached hydrogen (secondary N) is 1. The van der Waals surface area contributed by atoms with Crippen molar-refractivity contribution in [2.75, 3.05) is 13.2 Å². The van der Waals surface area contributed by atoms with Crippen LogP contribution in [0.3, 0.4) is 0 Å². The van der Waals surface area contributed by atoms with Gasteiger partial charge in [-0.2, -0.15) is 0 Å². The molecule has 366 valence electrons. The van der Waals surface area contributed by atoms with Crippen LogP contribution >= 0.6 is 0 Å². The summed E-state index contributed by atoms with van der Waals surface area (Å²) in [5, 5.41) is 23.0. The fourth-order valence-corrected chi connectivity index (χ4v) is 8.45. The van der Waals surface area contributed by atoms with Gasteiger partial charge in [-0.1, -0.05) is 250 Å². The molecule has 62 heavy (non-hydrogen) atoms. The van der Waals surface area contributed by atoms with Crippen LogP contribution in [0.2, 0.25) is 0 Å². The van der Waals surface area contributed by atoms with E-state index in [4.69, 9.17) is 4.74 Å². The van der Waals surface area contributed by atoms with Gasteiger partial charge in [-0.15, -0.1) is 0 Å². The average molecular weight is 874 g/mol. The molecule has 0 aliphatic rings. The van der Waals surface area contributed by atoms with Crippen LogP contribution in [-0.4, -0.2) is 47.4 Å². The van der Waals surface area contributed by atoms with Crippen molar-refractivity contribution in [3.05, 3.63) is 24.3 Å². The van der Waals surface area contributed by atoms with Gasteiger partial charge >= 0.3 is 5.97 Å². The lowest BCUT2D eigenvalue weighted by Crippen LogP contribution is -2.45. The molecule has 1 amide bonds. The van der Waals surface area contributed by atoms with E-state index in [0.717, 1.165) is 44.9 Å². The Bertz CT molecular complexity index is 966. The summed E-state index contributed by atoms with van der Waals surface area (Å²) in [4.78, 5) is 24.5. The van der Waals surface area contributed by atoms with Crippen LogP contribution in [-0.2, 0) is 14.3 Å². The van der Waals surface area contributed by atoms with Gasteiger partial charge in [-0.25, -0.2) is 0 Å².